The zero-order chi connectivity index (χ0) is 25.6. The second-order valence-electron chi connectivity index (χ2n) is 9.86. The van der Waals surface area contributed by atoms with Gasteiger partial charge in [0, 0.05) is 19.4 Å². The maximum Gasteiger partial charge on any atom is 0.229 e. The predicted octanol–water partition coefficient (Wildman–Crippen LogP) is 4.77. The summed E-state index contributed by atoms with van der Waals surface area (Å²) >= 11 is 0. The highest BCUT2D eigenvalue weighted by Gasteiger charge is 2.51. The summed E-state index contributed by atoms with van der Waals surface area (Å²) in [7, 11) is 0. The highest BCUT2D eigenvalue weighted by Crippen LogP contribution is 2.42. The third-order valence-electron chi connectivity index (χ3n) is 7.10. The first-order chi connectivity index (χ1) is 16.7. The number of carbonyl (C=O) groups is 1. The molecule has 3 rings (SSSR count). The van der Waals surface area contributed by atoms with E-state index in [2.05, 4.69) is 44.3 Å². The fourth-order valence-corrected chi connectivity index (χ4v) is 5.25. The molecule has 0 radical (unpaired) electrons. The molecule has 6 nitrogen and oxygen atoms in total. The van der Waals surface area contributed by atoms with Crippen molar-refractivity contribution in [1.82, 2.24) is 5.32 Å². The number of aliphatic hydroxyl groups excluding tert-OH is 2. The van der Waals surface area contributed by atoms with E-state index >= 15 is 0 Å². The van der Waals surface area contributed by atoms with Crippen LogP contribution in [0.25, 0.3) is 11.1 Å². The molecule has 1 heterocycles. The van der Waals surface area contributed by atoms with Gasteiger partial charge in [0.2, 0.25) is 12.2 Å². The summed E-state index contributed by atoms with van der Waals surface area (Å²) in [6.07, 6.45) is 1.06. The molecule has 3 N–H and O–H groups in total. The molecule has 0 aromatic heterocycles. The molecule has 0 bridgehead atoms. The van der Waals surface area contributed by atoms with Crippen molar-refractivity contribution in [2.45, 2.75) is 90.8 Å². The Balaban J connectivity index is 1.92. The largest absolute Gasteiger partial charge is 0.462 e. The van der Waals surface area contributed by atoms with Gasteiger partial charge in [0.1, 0.15) is 11.9 Å². The van der Waals surface area contributed by atoms with E-state index in [-0.39, 0.29) is 11.8 Å². The van der Waals surface area contributed by atoms with E-state index < -0.39 is 24.1 Å². The third kappa shape index (κ3) is 6.43. The van der Waals surface area contributed by atoms with Crippen molar-refractivity contribution in [2.75, 3.05) is 6.54 Å². The van der Waals surface area contributed by atoms with E-state index in [1.807, 2.05) is 31.2 Å². The lowest BCUT2D eigenvalue weighted by Crippen LogP contribution is -2.61. The third-order valence-corrected chi connectivity index (χ3v) is 7.10. The number of rotatable bonds is 10. The molecule has 0 spiro atoms. The highest BCUT2D eigenvalue weighted by atomic mass is 16.7. The van der Waals surface area contributed by atoms with Gasteiger partial charge in [-0.15, -0.1) is 0 Å². The maximum absolute atomic E-state index is 11.3. The fourth-order valence-electron chi connectivity index (χ4n) is 5.25. The number of aliphatic hydroxyl groups is 2. The fraction of sp³-hybridized carbons (Fsp3) is 0.552. The van der Waals surface area contributed by atoms with E-state index in [4.69, 9.17) is 9.47 Å². The number of carbonyl (C=O) groups excluding carboxylic acids is 1. The average Bonchev–Trinajstić information content (AvgIpc) is 2.82. The molecule has 0 aliphatic carbocycles. The van der Waals surface area contributed by atoms with Crippen LogP contribution in [0.4, 0.5) is 0 Å². The summed E-state index contributed by atoms with van der Waals surface area (Å²) in [5, 5.41) is 24.6. The molecule has 2 aromatic carbocycles. The molecule has 0 unspecified atom stereocenters. The Morgan fingerprint density at radius 2 is 1.80 bits per heavy atom. The van der Waals surface area contributed by atoms with Crippen molar-refractivity contribution in [3.05, 3.63) is 53.6 Å². The summed E-state index contributed by atoms with van der Waals surface area (Å²) in [6.45, 7) is 10.3. The molecule has 4 atom stereocenters. The molecular formula is C29H41NO5. The molecule has 1 aliphatic heterocycles. The Bertz CT molecular complexity index is 985. The lowest BCUT2D eigenvalue weighted by Gasteiger charge is -2.50. The minimum absolute atomic E-state index is 0.0547. The standard InChI is InChI=1S/C29H41NO5/c1-6-14-29(15-7-2)20(4)26(32)27(33)28(35-29)34-24-12-11-22(13-16-30-21(5)31)25(18-24)23-10-8-9-19(3)17-23/h8-12,17-18,20,26-28,32-33H,6-7,13-16H2,1-5H3,(H,30,31)/t20-,26-,27-,28-/m1/s1. The Kier molecular flexibility index (Phi) is 9.34. The Morgan fingerprint density at radius 1 is 1.09 bits per heavy atom. The van der Waals surface area contributed by atoms with Crippen molar-refractivity contribution in [3.63, 3.8) is 0 Å². The quantitative estimate of drug-likeness (QED) is 0.453. The number of ether oxygens (including phenoxy) is 2. The van der Waals surface area contributed by atoms with Crippen LogP contribution in [0.3, 0.4) is 0 Å². The van der Waals surface area contributed by atoms with Gasteiger partial charge in [-0.3, -0.25) is 4.79 Å². The second-order valence-corrected chi connectivity index (χ2v) is 9.86. The molecule has 1 saturated heterocycles. The van der Waals surface area contributed by atoms with Crippen LogP contribution < -0.4 is 10.1 Å². The highest BCUT2D eigenvalue weighted by molar-refractivity contribution is 5.73. The van der Waals surface area contributed by atoms with Gasteiger partial charge >= 0.3 is 0 Å². The Morgan fingerprint density at radius 3 is 2.43 bits per heavy atom. The van der Waals surface area contributed by atoms with E-state index in [0.29, 0.717) is 18.7 Å². The van der Waals surface area contributed by atoms with Crippen LogP contribution in [-0.4, -0.2) is 46.8 Å². The van der Waals surface area contributed by atoms with Gasteiger partial charge in [-0.2, -0.15) is 0 Å². The van der Waals surface area contributed by atoms with Crippen molar-refractivity contribution >= 4 is 5.91 Å². The predicted molar refractivity (Wildman–Crippen MR) is 138 cm³/mol. The lowest BCUT2D eigenvalue weighted by atomic mass is 9.74. The molecule has 6 heteroatoms. The van der Waals surface area contributed by atoms with Crippen LogP contribution >= 0.6 is 0 Å². The van der Waals surface area contributed by atoms with E-state index in [9.17, 15) is 15.0 Å². The topological polar surface area (TPSA) is 88.0 Å². The molecular weight excluding hydrogens is 442 g/mol. The summed E-state index contributed by atoms with van der Waals surface area (Å²) in [6, 6.07) is 14.1. The summed E-state index contributed by atoms with van der Waals surface area (Å²) < 4.78 is 12.7. The summed E-state index contributed by atoms with van der Waals surface area (Å²) in [5.74, 6) is 0.315. The molecule has 192 valence electrons. The van der Waals surface area contributed by atoms with Gasteiger partial charge in [0.15, 0.2) is 0 Å². The SMILES string of the molecule is CCCC1(CCC)O[C@@H](Oc2ccc(CCNC(C)=O)c(-c3cccc(C)c3)c2)[C@H](O)[C@H](O)[C@H]1C. The van der Waals surface area contributed by atoms with Crippen LogP contribution in [0.15, 0.2) is 42.5 Å². The van der Waals surface area contributed by atoms with Crippen LogP contribution in [0.5, 0.6) is 5.75 Å². The van der Waals surface area contributed by atoms with Gasteiger partial charge in [0.25, 0.3) is 0 Å². The first kappa shape index (κ1) is 27.2. The van der Waals surface area contributed by atoms with Crippen molar-refractivity contribution in [2.24, 2.45) is 5.92 Å². The van der Waals surface area contributed by atoms with Crippen LogP contribution in [0.2, 0.25) is 0 Å². The van der Waals surface area contributed by atoms with Crippen LogP contribution in [0.1, 0.15) is 64.5 Å². The molecule has 0 saturated carbocycles. The first-order valence-electron chi connectivity index (χ1n) is 12.9. The smallest absolute Gasteiger partial charge is 0.229 e. The van der Waals surface area contributed by atoms with E-state index in [0.717, 1.165) is 47.9 Å². The second kappa shape index (κ2) is 12.0. The number of benzene rings is 2. The minimum atomic E-state index is -1.14. The molecule has 35 heavy (non-hydrogen) atoms. The van der Waals surface area contributed by atoms with Gasteiger partial charge in [-0.05, 0) is 55.0 Å². The molecule has 1 fully saturated rings. The van der Waals surface area contributed by atoms with E-state index in [1.54, 1.807) is 0 Å². The first-order valence-corrected chi connectivity index (χ1v) is 12.9. The summed E-state index contributed by atoms with van der Waals surface area (Å²) in [5.41, 5.74) is 3.75. The van der Waals surface area contributed by atoms with Crippen LogP contribution in [0, 0.1) is 12.8 Å². The lowest BCUT2D eigenvalue weighted by molar-refractivity contribution is -0.299. The Labute approximate surface area is 209 Å². The maximum atomic E-state index is 11.3. The number of hydrogen-bond acceptors (Lipinski definition) is 5. The average molecular weight is 484 g/mol. The van der Waals surface area contributed by atoms with Gasteiger partial charge < -0.3 is 25.0 Å². The van der Waals surface area contributed by atoms with Crippen molar-refractivity contribution in [3.8, 4) is 16.9 Å². The van der Waals surface area contributed by atoms with Gasteiger partial charge in [-0.25, -0.2) is 0 Å². The molecule has 1 aliphatic rings. The zero-order valence-electron chi connectivity index (χ0n) is 21.7. The minimum Gasteiger partial charge on any atom is -0.462 e. The number of nitrogens with one attached hydrogen (secondary N) is 1. The van der Waals surface area contributed by atoms with Crippen molar-refractivity contribution < 1.29 is 24.5 Å². The number of aryl methyl sites for hydroxylation is 1. The van der Waals surface area contributed by atoms with E-state index in [1.165, 1.54) is 6.92 Å². The number of amides is 1. The van der Waals surface area contributed by atoms with Gasteiger partial charge in [0.05, 0.1) is 11.7 Å². The Hall–Kier alpha value is -2.41. The van der Waals surface area contributed by atoms with Gasteiger partial charge in [-0.1, -0.05) is 69.5 Å². The molecule has 2 aromatic rings. The van der Waals surface area contributed by atoms with Crippen molar-refractivity contribution in [1.29, 1.82) is 0 Å². The zero-order valence-corrected chi connectivity index (χ0v) is 21.7. The van der Waals surface area contributed by atoms with Crippen LogP contribution in [-0.2, 0) is 16.0 Å². The molecule has 1 amide bonds. The normalized spacial score (nSPS) is 23.6. The monoisotopic (exact) mass is 483 g/mol. The summed E-state index contributed by atoms with van der Waals surface area (Å²) in [4.78, 5) is 11.3. The number of hydrogen-bond donors (Lipinski definition) is 3.